The fourth-order valence-electron chi connectivity index (χ4n) is 3.67. The highest BCUT2D eigenvalue weighted by atomic mass is 16.2. The maximum absolute atomic E-state index is 13.2. The fraction of sp³-hybridized carbons (Fsp3) is 0.238. The van der Waals surface area contributed by atoms with Crippen LogP contribution in [0.25, 0.3) is 0 Å². The molecule has 2 amide bonds. The predicted molar refractivity (Wildman–Crippen MR) is 103 cm³/mol. The molecule has 6 nitrogen and oxygen atoms in total. The van der Waals surface area contributed by atoms with Crippen molar-refractivity contribution in [2.45, 2.75) is 26.8 Å². The number of benzene rings is 2. The molecule has 6 heteroatoms. The van der Waals surface area contributed by atoms with Crippen LogP contribution in [0.15, 0.2) is 53.6 Å². The summed E-state index contributed by atoms with van der Waals surface area (Å²) in [4.78, 5) is 39.7. The molecule has 2 aromatic carbocycles. The van der Waals surface area contributed by atoms with Gasteiger partial charge >= 0.3 is 0 Å². The Kier molecular flexibility index (Phi) is 3.91. The van der Waals surface area contributed by atoms with Gasteiger partial charge in [0.1, 0.15) is 17.7 Å². The number of nitrogens with zero attached hydrogens (tertiary/aromatic N) is 3. The van der Waals surface area contributed by atoms with Crippen molar-refractivity contribution in [2.75, 3.05) is 9.91 Å². The lowest BCUT2D eigenvalue weighted by molar-refractivity contribution is -0.122. The number of carbonyl (C=O) groups excluding carboxylic acids is 3. The van der Waals surface area contributed by atoms with Crippen LogP contribution in [0.1, 0.15) is 18.1 Å². The van der Waals surface area contributed by atoms with E-state index in [2.05, 4.69) is 5.10 Å². The number of aryl methyl sites for hydroxylation is 2. The highest BCUT2D eigenvalue weighted by Crippen LogP contribution is 2.38. The second-order valence-electron chi connectivity index (χ2n) is 6.94. The third-order valence-electron chi connectivity index (χ3n) is 5.06. The predicted octanol–water partition coefficient (Wildman–Crippen LogP) is 2.63. The van der Waals surface area contributed by atoms with Gasteiger partial charge in [-0.3, -0.25) is 19.4 Å². The van der Waals surface area contributed by atoms with Gasteiger partial charge in [0.15, 0.2) is 5.78 Å². The molecule has 4 rings (SSSR count). The second kappa shape index (κ2) is 6.16. The number of amides is 2. The Morgan fingerprint density at radius 3 is 2.26 bits per heavy atom. The summed E-state index contributed by atoms with van der Waals surface area (Å²) in [6.45, 7) is 5.22. The van der Waals surface area contributed by atoms with Crippen LogP contribution in [0.5, 0.6) is 0 Å². The zero-order chi connectivity index (χ0) is 19.3. The van der Waals surface area contributed by atoms with Crippen LogP contribution in [0.4, 0.5) is 11.4 Å². The van der Waals surface area contributed by atoms with Gasteiger partial charge in [-0.1, -0.05) is 35.9 Å². The molecule has 0 N–H and O–H groups in total. The number of hydrogen-bond acceptors (Lipinski definition) is 5. The summed E-state index contributed by atoms with van der Waals surface area (Å²) in [5.74, 6) is -1.94. The van der Waals surface area contributed by atoms with Crippen molar-refractivity contribution in [2.24, 2.45) is 11.0 Å². The van der Waals surface area contributed by atoms with Crippen molar-refractivity contribution < 1.29 is 14.4 Å². The Labute approximate surface area is 157 Å². The van der Waals surface area contributed by atoms with E-state index in [4.69, 9.17) is 0 Å². The van der Waals surface area contributed by atoms with Crippen LogP contribution >= 0.6 is 0 Å². The molecule has 136 valence electrons. The van der Waals surface area contributed by atoms with Crippen molar-refractivity contribution in [3.8, 4) is 0 Å². The van der Waals surface area contributed by atoms with Crippen LogP contribution in [-0.2, 0) is 14.4 Å². The molecule has 2 heterocycles. The molecule has 2 atom stereocenters. The van der Waals surface area contributed by atoms with Crippen molar-refractivity contribution in [3.05, 3.63) is 59.7 Å². The first-order chi connectivity index (χ1) is 12.9. The SMILES string of the molecule is CC(=O)C1=NN(c2ccccc2C)C2C(=O)N(c3ccc(C)cc3)C(=O)C12. The number of hydrazone groups is 1. The first kappa shape index (κ1) is 17.1. The molecule has 0 bridgehead atoms. The summed E-state index contributed by atoms with van der Waals surface area (Å²) in [7, 11) is 0. The highest BCUT2D eigenvalue weighted by molar-refractivity contribution is 6.48. The number of anilines is 2. The average Bonchev–Trinajstić information content (AvgIpc) is 3.14. The van der Waals surface area contributed by atoms with Crippen LogP contribution in [0.3, 0.4) is 0 Å². The smallest absolute Gasteiger partial charge is 0.259 e. The van der Waals surface area contributed by atoms with Gasteiger partial charge in [-0.05, 0) is 37.6 Å². The first-order valence-corrected chi connectivity index (χ1v) is 8.79. The third-order valence-corrected chi connectivity index (χ3v) is 5.06. The van der Waals surface area contributed by atoms with Crippen molar-refractivity contribution >= 4 is 34.7 Å². The summed E-state index contributed by atoms with van der Waals surface area (Å²) in [6, 6.07) is 13.8. The number of hydrogen-bond donors (Lipinski definition) is 0. The van der Waals surface area contributed by atoms with Gasteiger partial charge < -0.3 is 0 Å². The molecular weight excluding hydrogens is 342 g/mol. The molecule has 0 radical (unpaired) electrons. The standard InChI is InChI=1S/C21H19N3O3/c1-12-8-10-15(11-9-12)23-20(26)17-18(14(3)25)22-24(19(17)21(23)27)16-7-5-4-6-13(16)2/h4-11,17,19H,1-3H3. The Morgan fingerprint density at radius 2 is 1.63 bits per heavy atom. The highest BCUT2D eigenvalue weighted by Gasteiger charge is 2.58. The average molecular weight is 361 g/mol. The van der Waals surface area contributed by atoms with E-state index in [9.17, 15) is 14.4 Å². The largest absolute Gasteiger partial charge is 0.293 e. The quantitative estimate of drug-likeness (QED) is 0.788. The summed E-state index contributed by atoms with van der Waals surface area (Å²) in [6.07, 6.45) is 0. The number of fused-ring (bicyclic) bond motifs is 1. The molecule has 27 heavy (non-hydrogen) atoms. The number of Topliss-reactive ketones (excluding diaryl/α,β-unsaturated/α-hetero) is 1. The van der Waals surface area contributed by atoms with E-state index >= 15 is 0 Å². The Bertz CT molecular complexity index is 994. The Balaban J connectivity index is 1.82. The fourth-order valence-corrected chi connectivity index (χ4v) is 3.67. The van der Waals surface area contributed by atoms with Crippen molar-refractivity contribution in [1.29, 1.82) is 0 Å². The molecule has 2 aliphatic heterocycles. The van der Waals surface area contributed by atoms with Crippen LogP contribution < -0.4 is 9.91 Å². The molecule has 0 aromatic heterocycles. The van der Waals surface area contributed by atoms with Gasteiger partial charge in [0.05, 0.1) is 11.4 Å². The lowest BCUT2D eigenvalue weighted by Crippen LogP contribution is -2.39. The minimum atomic E-state index is -0.879. The minimum absolute atomic E-state index is 0.135. The lowest BCUT2D eigenvalue weighted by atomic mass is 9.95. The summed E-state index contributed by atoms with van der Waals surface area (Å²) in [5.41, 5.74) is 3.31. The Hall–Kier alpha value is -3.28. The number of para-hydroxylation sites is 1. The van der Waals surface area contributed by atoms with Crippen molar-refractivity contribution in [3.63, 3.8) is 0 Å². The molecular formula is C21H19N3O3. The van der Waals surface area contributed by atoms with Gasteiger partial charge in [0.25, 0.3) is 5.91 Å². The van der Waals surface area contributed by atoms with Gasteiger partial charge in [0, 0.05) is 6.92 Å². The van der Waals surface area contributed by atoms with Gasteiger partial charge in [0.2, 0.25) is 5.91 Å². The summed E-state index contributed by atoms with van der Waals surface area (Å²) in [5, 5.41) is 5.91. The van der Waals surface area contributed by atoms with Gasteiger partial charge in [-0.15, -0.1) is 0 Å². The van der Waals surface area contributed by atoms with Crippen LogP contribution in [-0.4, -0.2) is 29.4 Å². The molecule has 2 aliphatic rings. The van der Waals surface area contributed by atoms with E-state index < -0.39 is 17.9 Å². The van der Waals surface area contributed by atoms with E-state index in [0.29, 0.717) is 5.69 Å². The van der Waals surface area contributed by atoms with Gasteiger partial charge in [-0.2, -0.15) is 5.10 Å². The number of ketones is 1. The number of carbonyl (C=O) groups is 3. The lowest BCUT2D eigenvalue weighted by Gasteiger charge is -2.23. The minimum Gasteiger partial charge on any atom is -0.293 e. The van der Waals surface area contributed by atoms with E-state index in [0.717, 1.165) is 16.8 Å². The van der Waals surface area contributed by atoms with E-state index in [-0.39, 0.29) is 17.4 Å². The monoisotopic (exact) mass is 361 g/mol. The molecule has 0 saturated carbocycles. The maximum Gasteiger partial charge on any atom is 0.259 e. The molecule has 0 spiro atoms. The number of imide groups is 1. The molecule has 2 aromatic rings. The van der Waals surface area contributed by atoms with E-state index in [1.807, 2.05) is 50.2 Å². The van der Waals surface area contributed by atoms with Crippen LogP contribution in [0.2, 0.25) is 0 Å². The van der Waals surface area contributed by atoms with E-state index in [1.165, 1.54) is 16.8 Å². The molecule has 1 saturated heterocycles. The molecule has 2 unspecified atom stereocenters. The van der Waals surface area contributed by atoms with Crippen molar-refractivity contribution in [1.82, 2.24) is 0 Å². The molecule has 1 fully saturated rings. The number of rotatable bonds is 3. The van der Waals surface area contributed by atoms with Gasteiger partial charge in [-0.25, -0.2) is 4.90 Å². The first-order valence-electron chi connectivity index (χ1n) is 8.79. The normalized spacial score (nSPS) is 21.5. The summed E-state index contributed by atoms with van der Waals surface area (Å²) < 4.78 is 0. The zero-order valence-electron chi connectivity index (χ0n) is 15.3. The molecule has 0 aliphatic carbocycles. The maximum atomic E-state index is 13.2. The topological polar surface area (TPSA) is 70.1 Å². The van der Waals surface area contributed by atoms with E-state index in [1.54, 1.807) is 12.1 Å². The zero-order valence-corrected chi connectivity index (χ0v) is 15.3. The van der Waals surface area contributed by atoms with Crippen LogP contribution in [0, 0.1) is 19.8 Å². The second-order valence-corrected chi connectivity index (χ2v) is 6.94. The third kappa shape index (κ3) is 2.56. The Morgan fingerprint density at radius 1 is 0.963 bits per heavy atom. The summed E-state index contributed by atoms with van der Waals surface area (Å²) >= 11 is 0.